The van der Waals surface area contributed by atoms with Gasteiger partial charge in [0, 0.05) is 18.8 Å². The highest BCUT2D eigenvalue weighted by molar-refractivity contribution is 5.92. The molecule has 0 fully saturated rings. The molecule has 0 spiro atoms. The van der Waals surface area contributed by atoms with Crippen LogP contribution in [0, 0.1) is 12.7 Å². The third kappa shape index (κ3) is 3.60. The zero-order valence-corrected chi connectivity index (χ0v) is 14.1. The Bertz CT molecular complexity index is 861. The second kappa shape index (κ2) is 6.89. The molecule has 0 bridgehead atoms. The number of nitrogens with one attached hydrogen (secondary N) is 1. The highest BCUT2D eigenvalue weighted by atomic mass is 19.1. The highest BCUT2D eigenvalue weighted by Crippen LogP contribution is 2.33. The Balaban J connectivity index is 1.81. The van der Waals surface area contributed by atoms with E-state index in [9.17, 15) is 14.0 Å². The van der Waals surface area contributed by atoms with Crippen molar-refractivity contribution >= 4 is 23.6 Å². The first-order valence-corrected chi connectivity index (χ1v) is 8.08. The number of fused-ring (bicyclic) bond motifs is 1. The first kappa shape index (κ1) is 16.9. The Labute approximate surface area is 146 Å². The van der Waals surface area contributed by atoms with E-state index < -0.39 is 0 Å². The fraction of sp³-hybridized carbons (Fsp3) is 0.200. The van der Waals surface area contributed by atoms with Crippen molar-refractivity contribution in [3.05, 3.63) is 71.2 Å². The molecule has 4 nitrogen and oxygen atoms in total. The van der Waals surface area contributed by atoms with Crippen molar-refractivity contribution in [3.8, 4) is 0 Å². The van der Waals surface area contributed by atoms with E-state index in [0.717, 1.165) is 11.1 Å². The molecule has 2 aromatic rings. The Hall–Kier alpha value is -2.95. The summed E-state index contributed by atoms with van der Waals surface area (Å²) in [5, 5.41) is 2.71. The monoisotopic (exact) mass is 338 g/mol. The molecular formula is C20H19FN2O2. The van der Waals surface area contributed by atoms with Gasteiger partial charge in [-0.15, -0.1) is 0 Å². The molecule has 0 radical (unpaired) electrons. The van der Waals surface area contributed by atoms with Gasteiger partial charge in [-0.2, -0.15) is 0 Å². The van der Waals surface area contributed by atoms with Crippen LogP contribution in [0.5, 0.6) is 0 Å². The Kier molecular flexibility index (Phi) is 4.65. The van der Waals surface area contributed by atoms with E-state index in [1.54, 1.807) is 30.2 Å². The second-order valence-corrected chi connectivity index (χ2v) is 6.10. The Morgan fingerprint density at radius 1 is 1.20 bits per heavy atom. The summed E-state index contributed by atoms with van der Waals surface area (Å²) in [5.41, 5.74) is 2.83. The van der Waals surface area contributed by atoms with Crippen LogP contribution in [0.3, 0.4) is 0 Å². The zero-order valence-electron chi connectivity index (χ0n) is 14.1. The maximum absolute atomic E-state index is 13.6. The standard InChI is InChI=1S/C20H19FN2O2/c1-13-7-8-16(11-18(13)21)22-20(25)12-19-17-6-4-3-5-15(17)9-10-23(19)14(2)24/h3-11,19H,12H2,1-2H3,(H,22,25)/t19-/m0/s1. The molecule has 2 amide bonds. The van der Waals surface area contributed by atoms with Gasteiger partial charge < -0.3 is 10.2 Å². The van der Waals surface area contributed by atoms with Gasteiger partial charge in [-0.3, -0.25) is 9.59 Å². The SMILES string of the molecule is CC(=O)N1C=Cc2ccccc2[C@@H]1CC(=O)Nc1ccc(C)c(F)c1. The van der Waals surface area contributed by atoms with E-state index in [-0.39, 0.29) is 30.1 Å². The Morgan fingerprint density at radius 2 is 1.96 bits per heavy atom. The van der Waals surface area contributed by atoms with E-state index in [2.05, 4.69) is 5.32 Å². The average Bonchev–Trinajstić information content (AvgIpc) is 2.58. The molecule has 0 unspecified atom stereocenters. The number of carbonyl (C=O) groups is 2. The van der Waals surface area contributed by atoms with Crippen molar-refractivity contribution in [3.63, 3.8) is 0 Å². The van der Waals surface area contributed by atoms with Gasteiger partial charge in [0.05, 0.1) is 12.5 Å². The van der Waals surface area contributed by atoms with Crippen LogP contribution < -0.4 is 5.32 Å². The van der Waals surface area contributed by atoms with Crippen LogP contribution in [0.1, 0.15) is 36.1 Å². The van der Waals surface area contributed by atoms with Crippen LogP contribution in [-0.4, -0.2) is 16.7 Å². The third-order valence-corrected chi connectivity index (χ3v) is 4.30. The van der Waals surface area contributed by atoms with Gasteiger partial charge in [-0.05, 0) is 41.8 Å². The smallest absolute Gasteiger partial charge is 0.226 e. The summed E-state index contributed by atoms with van der Waals surface area (Å²) in [6, 6.07) is 11.9. The van der Waals surface area contributed by atoms with Crippen LogP contribution in [0.15, 0.2) is 48.7 Å². The van der Waals surface area contributed by atoms with E-state index >= 15 is 0 Å². The summed E-state index contributed by atoms with van der Waals surface area (Å²) in [6.45, 7) is 3.13. The van der Waals surface area contributed by atoms with E-state index in [1.165, 1.54) is 13.0 Å². The molecule has 128 valence electrons. The molecule has 25 heavy (non-hydrogen) atoms. The predicted molar refractivity (Wildman–Crippen MR) is 95.1 cm³/mol. The number of carbonyl (C=O) groups excluding carboxylic acids is 2. The normalized spacial score (nSPS) is 15.6. The molecular weight excluding hydrogens is 319 g/mol. The van der Waals surface area contributed by atoms with Gasteiger partial charge in [-0.25, -0.2) is 4.39 Å². The molecule has 1 N–H and O–H groups in total. The summed E-state index contributed by atoms with van der Waals surface area (Å²) in [7, 11) is 0. The molecule has 5 heteroatoms. The lowest BCUT2D eigenvalue weighted by Gasteiger charge is -2.32. The summed E-state index contributed by atoms with van der Waals surface area (Å²) < 4.78 is 13.6. The molecule has 1 aliphatic heterocycles. The van der Waals surface area contributed by atoms with E-state index in [1.807, 2.05) is 30.3 Å². The number of aryl methyl sites for hydroxylation is 1. The van der Waals surface area contributed by atoms with Crippen molar-refractivity contribution in [1.82, 2.24) is 4.90 Å². The van der Waals surface area contributed by atoms with Gasteiger partial charge in [-0.1, -0.05) is 30.3 Å². The average molecular weight is 338 g/mol. The number of halogens is 1. The molecule has 1 heterocycles. The molecule has 0 aliphatic carbocycles. The van der Waals surface area contributed by atoms with E-state index in [0.29, 0.717) is 11.3 Å². The summed E-state index contributed by atoms with van der Waals surface area (Å²) in [6.07, 6.45) is 3.66. The quantitative estimate of drug-likeness (QED) is 0.918. The number of hydrogen-bond donors (Lipinski definition) is 1. The van der Waals surface area contributed by atoms with Crippen molar-refractivity contribution in [2.24, 2.45) is 0 Å². The first-order chi connectivity index (χ1) is 12.0. The van der Waals surface area contributed by atoms with Crippen molar-refractivity contribution in [1.29, 1.82) is 0 Å². The summed E-state index contributed by atoms with van der Waals surface area (Å²) in [5.74, 6) is -0.774. The predicted octanol–water partition coefficient (Wildman–Crippen LogP) is 4.04. The first-order valence-electron chi connectivity index (χ1n) is 8.08. The highest BCUT2D eigenvalue weighted by Gasteiger charge is 2.28. The molecule has 2 aromatic carbocycles. The topological polar surface area (TPSA) is 49.4 Å². The van der Waals surface area contributed by atoms with Crippen LogP contribution in [0.2, 0.25) is 0 Å². The largest absolute Gasteiger partial charge is 0.326 e. The molecule has 3 rings (SSSR count). The number of nitrogens with zero attached hydrogens (tertiary/aromatic N) is 1. The molecule has 1 atom stereocenters. The van der Waals surface area contributed by atoms with Crippen molar-refractivity contribution in [2.45, 2.75) is 26.3 Å². The maximum Gasteiger partial charge on any atom is 0.226 e. The molecule has 0 saturated heterocycles. The van der Waals surface area contributed by atoms with Crippen LogP contribution in [0.4, 0.5) is 10.1 Å². The van der Waals surface area contributed by atoms with Crippen LogP contribution in [0.25, 0.3) is 6.08 Å². The maximum atomic E-state index is 13.6. The van der Waals surface area contributed by atoms with E-state index in [4.69, 9.17) is 0 Å². The molecule has 0 saturated carbocycles. The van der Waals surface area contributed by atoms with Crippen molar-refractivity contribution < 1.29 is 14.0 Å². The van der Waals surface area contributed by atoms with Crippen LogP contribution in [-0.2, 0) is 9.59 Å². The van der Waals surface area contributed by atoms with Gasteiger partial charge in [0.25, 0.3) is 0 Å². The minimum absolute atomic E-state index is 0.0937. The third-order valence-electron chi connectivity index (χ3n) is 4.30. The van der Waals surface area contributed by atoms with Gasteiger partial charge in [0.15, 0.2) is 0 Å². The fourth-order valence-electron chi connectivity index (χ4n) is 2.97. The van der Waals surface area contributed by atoms with Crippen molar-refractivity contribution in [2.75, 3.05) is 5.32 Å². The zero-order chi connectivity index (χ0) is 18.0. The second-order valence-electron chi connectivity index (χ2n) is 6.10. The number of rotatable bonds is 3. The number of benzene rings is 2. The summed E-state index contributed by atoms with van der Waals surface area (Å²) in [4.78, 5) is 25.9. The molecule has 0 aromatic heterocycles. The number of amides is 2. The number of anilines is 1. The lowest BCUT2D eigenvalue weighted by molar-refractivity contribution is -0.129. The van der Waals surface area contributed by atoms with Gasteiger partial charge >= 0.3 is 0 Å². The minimum Gasteiger partial charge on any atom is -0.326 e. The lowest BCUT2D eigenvalue weighted by atomic mass is 9.93. The lowest BCUT2D eigenvalue weighted by Crippen LogP contribution is -2.33. The van der Waals surface area contributed by atoms with Gasteiger partial charge in [0.2, 0.25) is 11.8 Å². The van der Waals surface area contributed by atoms with Crippen LogP contribution >= 0.6 is 0 Å². The summed E-state index contributed by atoms with van der Waals surface area (Å²) >= 11 is 0. The number of hydrogen-bond acceptors (Lipinski definition) is 2. The van der Waals surface area contributed by atoms with Gasteiger partial charge in [0.1, 0.15) is 5.82 Å². The molecule has 1 aliphatic rings. The fourth-order valence-corrected chi connectivity index (χ4v) is 2.97. The Morgan fingerprint density at radius 3 is 2.68 bits per heavy atom. The minimum atomic E-state index is -0.381.